The van der Waals surface area contributed by atoms with Gasteiger partial charge in [0.15, 0.2) is 0 Å². The number of rotatable bonds is 12. The summed E-state index contributed by atoms with van der Waals surface area (Å²) in [6, 6.07) is 9.42. The fourth-order valence-corrected chi connectivity index (χ4v) is 4.87. The molecule has 0 fully saturated rings. The van der Waals surface area contributed by atoms with Crippen molar-refractivity contribution in [3.05, 3.63) is 52.4 Å². The summed E-state index contributed by atoms with van der Waals surface area (Å²) in [5.74, 6) is 1.07. The van der Waals surface area contributed by atoms with E-state index in [9.17, 15) is 18.1 Å². The average Bonchev–Trinajstić information content (AvgIpc) is 2.83. The van der Waals surface area contributed by atoms with Crippen LogP contribution in [0.15, 0.2) is 29.3 Å². The number of nitriles is 1. The standard InChI is InChI=1S/C24H30FN5O2S2/c1-6-20-21(16-26)24(28-23(22(20)27-2)29(3)15-9-7-8-14-25)33-17-18-10-12-19(13-11-18)30(4)34(5,31)32/h10-13H,6-9,14-15,17H2,1,3-5H3. The zero-order valence-corrected chi connectivity index (χ0v) is 21.6. The van der Waals surface area contributed by atoms with Crippen LogP contribution in [0.4, 0.5) is 21.6 Å². The van der Waals surface area contributed by atoms with E-state index in [1.807, 2.05) is 31.0 Å². The molecular weight excluding hydrogens is 473 g/mol. The number of hydrogen-bond donors (Lipinski definition) is 0. The van der Waals surface area contributed by atoms with Gasteiger partial charge in [-0.2, -0.15) is 5.26 Å². The van der Waals surface area contributed by atoms with Gasteiger partial charge in [-0.25, -0.2) is 18.2 Å². The number of benzene rings is 1. The van der Waals surface area contributed by atoms with Crippen LogP contribution in [0.25, 0.3) is 4.85 Å². The maximum absolute atomic E-state index is 12.4. The van der Waals surface area contributed by atoms with Crippen molar-refractivity contribution in [2.45, 2.75) is 43.4 Å². The number of sulfonamides is 1. The van der Waals surface area contributed by atoms with E-state index in [-0.39, 0.29) is 6.67 Å². The largest absolute Gasteiger partial charge is 0.368 e. The zero-order valence-electron chi connectivity index (χ0n) is 20.0. The lowest BCUT2D eigenvalue weighted by Gasteiger charge is -2.23. The maximum atomic E-state index is 12.4. The van der Waals surface area contributed by atoms with Crippen LogP contribution in [0.1, 0.15) is 42.9 Å². The molecule has 0 amide bonds. The highest BCUT2D eigenvalue weighted by atomic mass is 32.2. The van der Waals surface area contributed by atoms with E-state index in [2.05, 4.69) is 10.9 Å². The number of thioether (sulfide) groups is 1. The Morgan fingerprint density at radius 1 is 1.21 bits per heavy atom. The Hall–Kier alpha value is -2.82. The number of hydrogen-bond acceptors (Lipinski definition) is 6. The Morgan fingerprint density at radius 2 is 1.88 bits per heavy atom. The first-order chi connectivity index (χ1) is 16.2. The van der Waals surface area contributed by atoms with Gasteiger partial charge >= 0.3 is 0 Å². The van der Waals surface area contributed by atoms with Gasteiger partial charge in [0.05, 0.1) is 30.8 Å². The van der Waals surface area contributed by atoms with Crippen molar-refractivity contribution >= 4 is 39.0 Å². The first kappa shape index (κ1) is 27.4. The van der Waals surface area contributed by atoms with Gasteiger partial charge in [-0.3, -0.25) is 8.70 Å². The highest BCUT2D eigenvalue weighted by Crippen LogP contribution is 2.38. The number of anilines is 2. The molecule has 0 aliphatic heterocycles. The maximum Gasteiger partial charge on any atom is 0.232 e. The van der Waals surface area contributed by atoms with Crippen LogP contribution in [0.5, 0.6) is 0 Å². The van der Waals surface area contributed by atoms with Crippen molar-refractivity contribution in [3.63, 3.8) is 0 Å². The number of nitrogens with zero attached hydrogens (tertiary/aromatic N) is 5. The van der Waals surface area contributed by atoms with Crippen LogP contribution in [0, 0.1) is 17.9 Å². The second-order valence-corrected chi connectivity index (χ2v) is 10.9. The normalized spacial score (nSPS) is 11.0. The first-order valence-corrected chi connectivity index (χ1v) is 13.8. The van der Waals surface area contributed by atoms with Crippen molar-refractivity contribution in [2.24, 2.45) is 0 Å². The predicted molar refractivity (Wildman–Crippen MR) is 137 cm³/mol. The van der Waals surface area contributed by atoms with Crippen LogP contribution >= 0.6 is 11.8 Å². The highest BCUT2D eigenvalue weighted by molar-refractivity contribution is 7.98. The van der Waals surface area contributed by atoms with E-state index in [0.29, 0.717) is 58.5 Å². The average molecular weight is 504 g/mol. The van der Waals surface area contributed by atoms with Gasteiger partial charge in [0.2, 0.25) is 15.7 Å². The molecule has 10 heteroatoms. The summed E-state index contributed by atoms with van der Waals surface area (Å²) >= 11 is 1.41. The third kappa shape index (κ3) is 6.85. The minimum absolute atomic E-state index is 0.335. The number of alkyl halides is 1. The smallest absolute Gasteiger partial charge is 0.232 e. The molecule has 1 heterocycles. The summed E-state index contributed by atoms with van der Waals surface area (Å²) in [6.45, 7) is 9.91. The lowest BCUT2D eigenvalue weighted by atomic mass is 10.1. The van der Waals surface area contributed by atoms with Crippen LogP contribution in [0.2, 0.25) is 0 Å². The van der Waals surface area contributed by atoms with Crippen molar-refractivity contribution < 1.29 is 12.8 Å². The molecule has 0 radical (unpaired) electrons. The molecule has 0 saturated carbocycles. The van der Waals surface area contributed by atoms with Gasteiger partial charge < -0.3 is 4.90 Å². The number of halogens is 1. The van der Waals surface area contributed by atoms with Crippen LogP contribution < -0.4 is 9.21 Å². The Kier molecular flexibility index (Phi) is 10.2. The molecule has 0 atom stereocenters. The van der Waals surface area contributed by atoms with Gasteiger partial charge in [0.1, 0.15) is 16.9 Å². The molecule has 1 aromatic carbocycles. The SMILES string of the molecule is [C-]#[N+]c1c(N(C)CCCCCF)nc(SCc2ccc(N(C)S(C)(=O)=O)cc2)c(C#N)c1CC. The van der Waals surface area contributed by atoms with Crippen molar-refractivity contribution in [1.29, 1.82) is 5.26 Å². The molecule has 0 aliphatic rings. The summed E-state index contributed by atoms with van der Waals surface area (Å²) in [7, 11) is 0.0316. The second kappa shape index (κ2) is 12.6. The van der Waals surface area contributed by atoms with Crippen molar-refractivity contribution in [3.8, 4) is 6.07 Å². The molecular formula is C24H30FN5O2S2. The van der Waals surface area contributed by atoms with E-state index < -0.39 is 10.0 Å². The molecule has 2 rings (SSSR count). The monoisotopic (exact) mass is 503 g/mol. The fourth-order valence-electron chi connectivity index (χ4n) is 3.41. The van der Waals surface area contributed by atoms with Crippen LogP contribution in [-0.2, 0) is 22.2 Å². The first-order valence-electron chi connectivity index (χ1n) is 10.9. The molecule has 0 bridgehead atoms. The van der Waals surface area contributed by atoms with Crippen LogP contribution in [0.3, 0.4) is 0 Å². The van der Waals surface area contributed by atoms with E-state index >= 15 is 0 Å². The lowest BCUT2D eigenvalue weighted by molar-refractivity contribution is 0.456. The predicted octanol–water partition coefficient (Wildman–Crippen LogP) is 5.33. The van der Waals surface area contributed by atoms with Crippen LogP contribution in [-0.4, -0.2) is 47.0 Å². The van der Waals surface area contributed by atoms with Gasteiger partial charge in [0.25, 0.3) is 0 Å². The van der Waals surface area contributed by atoms with Gasteiger partial charge in [-0.05, 0) is 48.9 Å². The number of pyridine rings is 1. The van der Waals surface area contributed by atoms with Gasteiger partial charge in [0, 0.05) is 26.4 Å². The topological polar surface area (TPSA) is 81.7 Å². The Bertz CT molecular complexity index is 1170. The Balaban J connectivity index is 2.32. The molecule has 0 aliphatic carbocycles. The molecule has 1 aromatic heterocycles. The summed E-state index contributed by atoms with van der Waals surface area (Å²) in [5.41, 5.74) is 3.02. The van der Waals surface area contributed by atoms with Crippen molar-refractivity contribution in [2.75, 3.05) is 42.8 Å². The molecule has 0 unspecified atom stereocenters. The quantitative estimate of drug-likeness (QED) is 0.221. The Morgan fingerprint density at radius 3 is 2.41 bits per heavy atom. The fraction of sp³-hybridized carbons (Fsp3) is 0.458. The minimum atomic E-state index is -3.34. The molecule has 2 aromatic rings. The summed E-state index contributed by atoms with van der Waals surface area (Å²) in [4.78, 5) is 10.3. The Labute approximate surface area is 206 Å². The van der Waals surface area contributed by atoms with Gasteiger partial charge in [-0.15, -0.1) is 11.8 Å². The summed E-state index contributed by atoms with van der Waals surface area (Å²) in [6.07, 6.45) is 3.75. The van der Waals surface area contributed by atoms with E-state index in [1.54, 1.807) is 12.1 Å². The second-order valence-electron chi connectivity index (χ2n) is 7.88. The molecule has 34 heavy (non-hydrogen) atoms. The number of aromatic nitrogens is 1. The van der Waals surface area contributed by atoms with Crippen molar-refractivity contribution in [1.82, 2.24) is 4.98 Å². The molecule has 182 valence electrons. The lowest BCUT2D eigenvalue weighted by Crippen LogP contribution is -2.24. The van der Waals surface area contributed by atoms with E-state index in [4.69, 9.17) is 11.6 Å². The van der Waals surface area contributed by atoms with E-state index in [1.165, 1.54) is 23.1 Å². The van der Waals surface area contributed by atoms with Gasteiger partial charge in [-0.1, -0.05) is 19.1 Å². The third-order valence-corrected chi connectivity index (χ3v) is 7.71. The third-order valence-electron chi connectivity index (χ3n) is 5.46. The molecule has 7 nitrogen and oxygen atoms in total. The highest BCUT2D eigenvalue weighted by Gasteiger charge is 2.21. The molecule has 0 N–H and O–H groups in total. The summed E-state index contributed by atoms with van der Waals surface area (Å²) in [5, 5.41) is 10.4. The molecule has 0 saturated heterocycles. The summed E-state index contributed by atoms with van der Waals surface area (Å²) < 4.78 is 37.1. The van der Waals surface area contributed by atoms with E-state index in [0.717, 1.165) is 24.7 Å². The minimum Gasteiger partial charge on any atom is -0.368 e. The molecule has 0 spiro atoms. The zero-order chi connectivity index (χ0) is 25.3. The number of unbranched alkanes of at least 4 members (excludes halogenated alkanes) is 2.